The molecule has 5 nitrogen and oxygen atoms in total. The minimum Gasteiger partial charge on any atom is -0.435 e. The van der Waals surface area contributed by atoms with Gasteiger partial charge in [-0.1, -0.05) is 18.2 Å². The minimum absolute atomic E-state index is 0.149. The first-order valence-electron chi connectivity index (χ1n) is 6.22. The SMILES string of the molecule is CC(=O)Nc1ccc(C(=O)Nc2c(C)cccc2C)o1. The van der Waals surface area contributed by atoms with E-state index >= 15 is 0 Å². The van der Waals surface area contributed by atoms with Gasteiger partial charge in [-0.3, -0.25) is 14.9 Å². The molecule has 0 radical (unpaired) electrons. The van der Waals surface area contributed by atoms with Crippen LogP contribution in [0.1, 0.15) is 28.6 Å². The molecular weight excluding hydrogens is 256 g/mol. The zero-order chi connectivity index (χ0) is 14.7. The van der Waals surface area contributed by atoms with E-state index in [1.54, 1.807) is 6.07 Å². The van der Waals surface area contributed by atoms with Gasteiger partial charge < -0.3 is 9.73 Å². The molecule has 2 aromatic rings. The lowest BCUT2D eigenvalue weighted by Gasteiger charge is -2.10. The molecule has 104 valence electrons. The quantitative estimate of drug-likeness (QED) is 0.901. The lowest BCUT2D eigenvalue weighted by molar-refractivity contribution is -0.114. The summed E-state index contributed by atoms with van der Waals surface area (Å²) in [5.74, 6) is -0.194. The van der Waals surface area contributed by atoms with Crippen molar-refractivity contribution in [2.24, 2.45) is 0 Å². The van der Waals surface area contributed by atoms with E-state index in [4.69, 9.17) is 4.42 Å². The van der Waals surface area contributed by atoms with E-state index in [2.05, 4.69) is 10.6 Å². The Bertz CT molecular complexity index is 639. The fourth-order valence-electron chi connectivity index (χ4n) is 1.89. The number of benzene rings is 1. The molecule has 0 spiro atoms. The number of carbonyl (C=O) groups excluding carboxylic acids is 2. The summed E-state index contributed by atoms with van der Waals surface area (Å²) in [7, 11) is 0. The van der Waals surface area contributed by atoms with Crippen LogP contribution in [-0.2, 0) is 4.79 Å². The van der Waals surface area contributed by atoms with Gasteiger partial charge in [-0.2, -0.15) is 0 Å². The smallest absolute Gasteiger partial charge is 0.291 e. The number of para-hydroxylation sites is 1. The van der Waals surface area contributed by atoms with Gasteiger partial charge in [0.1, 0.15) is 0 Å². The monoisotopic (exact) mass is 272 g/mol. The highest BCUT2D eigenvalue weighted by Gasteiger charge is 2.14. The van der Waals surface area contributed by atoms with Crippen LogP contribution in [0.4, 0.5) is 11.6 Å². The number of hydrogen-bond acceptors (Lipinski definition) is 3. The topological polar surface area (TPSA) is 71.3 Å². The molecule has 2 rings (SSSR count). The molecule has 20 heavy (non-hydrogen) atoms. The molecule has 2 amide bonds. The van der Waals surface area contributed by atoms with E-state index in [-0.39, 0.29) is 23.5 Å². The lowest BCUT2D eigenvalue weighted by atomic mass is 10.1. The molecule has 0 aliphatic heterocycles. The average molecular weight is 272 g/mol. The maximum Gasteiger partial charge on any atom is 0.291 e. The number of hydrogen-bond donors (Lipinski definition) is 2. The van der Waals surface area contributed by atoms with Crippen LogP contribution in [0.2, 0.25) is 0 Å². The fraction of sp³-hybridized carbons (Fsp3) is 0.200. The number of anilines is 2. The first-order chi connectivity index (χ1) is 9.47. The molecule has 5 heteroatoms. The number of carbonyl (C=O) groups is 2. The summed E-state index contributed by atoms with van der Waals surface area (Å²) in [6, 6.07) is 8.85. The third kappa shape index (κ3) is 3.06. The highest BCUT2D eigenvalue weighted by molar-refractivity contribution is 6.03. The van der Waals surface area contributed by atoms with Crippen molar-refractivity contribution < 1.29 is 14.0 Å². The molecule has 0 atom stereocenters. The van der Waals surface area contributed by atoms with Crippen molar-refractivity contribution in [3.05, 3.63) is 47.2 Å². The molecule has 0 bridgehead atoms. The first-order valence-corrected chi connectivity index (χ1v) is 6.22. The molecule has 2 N–H and O–H groups in total. The van der Waals surface area contributed by atoms with Crippen molar-refractivity contribution in [1.29, 1.82) is 0 Å². The van der Waals surface area contributed by atoms with Crippen molar-refractivity contribution >= 4 is 23.4 Å². The Morgan fingerprint density at radius 3 is 2.25 bits per heavy atom. The summed E-state index contributed by atoms with van der Waals surface area (Å²) >= 11 is 0. The van der Waals surface area contributed by atoms with Crippen molar-refractivity contribution in [3.63, 3.8) is 0 Å². The summed E-state index contributed by atoms with van der Waals surface area (Å²) in [4.78, 5) is 23.0. The van der Waals surface area contributed by atoms with E-state index in [1.807, 2.05) is 32.0 Å². The van der Waals surface area contributed by atoms with Crippen LogP contribution in [0.5, 0.6) is 0 Å². The maximum absolute atomic E-state index is 12.1. The molecule has 1 aromatic heterocycles. The molecule has 0 fully saturated rings. The second kappa shape index (κ2) is 5.61. The third-order valence-corrected chi connectivity index (χ3v) is 2.85. The first kappa shape index (κ1) is 13.9. The Morgan fingerprint density at radius 1 is 1.00 bits per heavy atom. The number of aryl methyl sites for hydroxylation is 2. The van der Waals surface area contributed by atoms with Gasteiger partial charge in [0.05, 0.1) is 0 Å². The highest BCUT2D eigenvalue weighted by atomic mass is 16.4. The second-order valence-corrected chi connectivity index (χ2v) is 4.57. The Labute approximate surface area is 117 Å². The van der Waals surface area contributed by atoms with Gasteiger partial charge >= 0.3 is 0 Å². The summed E-state index contributed by atoms with van der Waals surface area (Å²) in [6.07, 6.45) is 0. The van der Waals surface area contributed by atoms with Crippen LogP contribution in [0.15, 0.2) is 34.7 Å². The molecule has 1 heterocycles. The third-order valence-electron chi connectivity index (χ3n) is 2.85. The summed E-state index contributed by atoms with van der Waals surface area (Å²) in [5.41, 5.74) is 2.73. The van der Waals surface area contributed by atoms with Crippen molar-refractivity contribution in [3.8, 4) is 0 Å². The molecule has 0 saturated heterocycles. The normalized spacial score (nSPS) is 10.2. The maximum atomic E-state index is 12.1. The Kier molecular flexibility index (Phi) is 3.89. The Morgan fingerprint density at radius 2 is 1.65 bits per heavy atom. The van der Waals surface area contributed by atoms with Crippen LogP contribution in [0.3, 0.4) is 0 Å². The van der Waals surface area contributed by atoms with E-state index in [9.17, 15) is 9.59 Å². The van der Waals surface area contributed by atoms with Gasteiger partial charge in [0.25, 0.3) is 5.91 Å². The Balaban J connectivity index is 2.16. The number of rotatable bonds is 3. The summed E-state index contributed by atoms with van der Waals surface area (Å²) in [5, 5.41) is 5.30. The zero-order valence-electron chi connectivity index (χ0n) is 11.6. The molecule has 0 aliphatic carbocycles. The standard InChI is InChI=1S/C15H16N2O3/c1-9-5-4-6-10(2)14(9)17-15(19)12-7-8-13(20-12)16-11(3)18/h4-8H,1-3H3,(H,16,18)(H,17,19). The average Bonchev–Trinajstić information content (AvgIpc) is 2.81. The van der Waals surface area contributed by atoms with Crippen LogP contribution in [0.25, 0.3) is 0 Å². The number of furan rings is 1. The molecule has 0 saturated carbocycles. The predicted molar refractivity (Wildman–Crippen MR) is 76.9 cm³/mol. The Hall–Kier alpha value is -2.56. The van der Waals surface area contributed by atoms with Gasteiger partial charge in [-0.25, -0.2) is 0 Å². The van der Waals surface area contributed by atoms with E-state index < -0.39 is 0 Å². The van der Waals surface area contributed by atoms with Gasteiger partial charge in [-0.15, -0.1) is 0 Å². The largest absolute Gasteiger partial charge is 0.435 e. The number of amides is 2. The van der Waals surface area contributed by atoms with Crippen molar-refractivity contribution in [1.82, 2.24) is 0 Å². The highest BCUT2D eigenvalue weighted by Crippen LogP contribution is 2.21. The van der Waals surface area contributed by atoms with Crippen LogP contribution < -0.4 is 10.6 Å². The second-order valence-electron chi connectivity index (χ2n) is 4.57. The number of nitrogens with one attached hydrogen (secondary N) is 2. The van der Waals surface area contributed by atoms with Crippen LogP contribution in [-0.4, -0.2) is 11.8 Å². The van der Waals surface area contributed by atoms with Crippen LogP contribution >= 0.6 is 0 Å². The fourth-order valence-corrected chi connectivity index (χ4v) is 1.89. The van der Waals surface area contributed by atoms with Crippen LogP contribution in [0, 0.1) is 13.8 Å². The van der Waals surface area contributed by atoms with E-state index in [1.165, 1.54) is 13.0 Å². The van der Waals surface area contributed by atoms with Gasteiger partial charge in [0.2, 0.25) is 5.91 Å². The summed E-state index contributed by atoms with van der Waals surface area (Å²) in [6.45, 7) is 5.22. The van der Waals surface area contributed by atoms with Crippen molar-refractivity contribution in [2.45, 2.75) is 20.8 Å². The zero-order valence-corrected chi connectivity index (χ0v) is 11.6. The van der Waals surface area contributed by atoms with Gasteiger partial charge in [-0.05, 0) is 31.0 Å². The van der Waals surface area contributed by atoms with Gasteiger partial charge in [0.15, 0.2) is 11.6 Å². The van der Waals surface area contributed by atoms with E-state index in [0.717, 1.165) is 16.8 Å². The molecular formula is C15H16N2O3. The molecule has 1 aromatic carbocycles. The van der Waals surface area contributed by atoms with Gasteiger partial charge in [0, 0.05) is 18.7 Å². The van der Waals surface area contributed by atoms with Crippen molar-refractivity contribution in [2.75, 3.05) is 10.6 Å². The molecule has 0 unspecified atom stereocenters. The minimum atomic E-state index is -0.348. The predicted octanol–water partition coefficient (Wildman–Crippen LogP) is 3.11. The lowest BCUT2D eigenvalue weighted by Crippen LogP contribution is -2.13. The van der Waals surface area contributed by atoms with E-state index in [0.29, 0.717) is 0 Å². The summed E-state index contributed by atoms with van der Waals surface area (Å²) < 4.78 is 5.26. The molecule has 0 aliphatic rings.